The highest BCUT2D eigenvalue weighted by atomic mass is 35.5. The molecule has 1 aliphatic heterocycles. The Bertz CT molecular complexity index is 952. The van der Waals surface area contributed by atoms with E-state index in [1.54, 1.807) is 12.3 Å². The van der Waals surface area contributed by atoms with E-state index in [4.69, 9.17) is 16.0 Å². The number of amides is 1. The van der Waals surface area contributed by atoms with E-state index in [-0.39, 0.29) is 11.9 Å². The van der Waals surface area contributed by atoms with Crippen molar-refractivity contribution >= 4 is 17.5 Å². The van der Waals surface area contributed by atoms with Crippen molar-refractivity contribution in [1.29, 1.82) is 0 Å². The molecule has 0 radical (unpaired) electrons. The molecule has 1 aliphatic rings. The molecular weight excluding hydrogens is 362 g/mol. The van der Waals surface area contributed by atoms with Gasteiger partial charge in [0.25, 0.3) is 5.91 Å². The number of halogens is 1. The van der Waals surface area contributed by atoms with E-state index >= 15 is 0 Å². The second-order valence-electron chi connectivity index (χ2n) is 6.79. The lowest BCUT2D eigenvalue weighted by Crippen LogP contribution is -2.31. The van der Waals surface area contributed by atoms with Crippen LogP contribution in [0.25, 0.3) is 0 Å². The number of rotatable bonds is 4. The number of carbonyl (C=O) groups is 1. The molecule has 1 fully saturated rings. The summed E-state index contributed by atoms with van der Waals surface area (Å²) >= 11 is 5.93. The molecule has 1 unspecified atom stereocenters. The standard InChI is InChI=1S/C21H20ClN3O2/c1-14-4-2-5-18(24-14)21(26)25-11-3-6-19(25)20-23-13-17(27-20)12-15-7-9-16(22)10-8-15/h2,4-5,7-10,13,19H,3,6,11-12H2,1H3. The number of carbonyl (C=O) groups excluding carboxylic acids is 1. The molecule has 1 atom stereocenters. The summed E-state index contributed by atoms with van der Waals surface area (Å²) in [4.78, 5) is 23.5. The molecule has 4 rings (SSSR count). The second-order valence-corrected chi connectivity index (χ2v) is 7.23. The Morgan fingerprint density at radius 3 is 2.85 bits per heavy atom. The highest BCUT2D eigenvalue weighted by molar-refractivity contribution is 6.30. The second kappa shape index (κ2) is 7.53. The van der Waals surface area contributed by atoms with Crippen LogP contribution >= 0.6 is 11.6 Å². The van der Waals surface area contributed by atoms with Gasteiger partial charge in [0, 0.05) is 23.7 Å². The predicted octanol–water partition coefficient (Wildman–Crippen LogP) is 4.60. The van der Waals surface area contributed by atoms with Crippen molar-refractivity contribution in [2.24, 2.45) is 0 Å². The normalized spacial score (nSPS) is 16.7. The molecule has 5 nitrogen and oxygen atoms in total. The van der Waals surface area contributed by atoms with Crippen molar-refractivity contribution in [3.63, 3.8) is 0 Å². The molecule has 0 saturated carbocycles. The topological polar surface area (TPSA) is 59.2 Å². The van der Waals surface area contributed by atoms with E-state index in [1.165, 1.54) is 0 Å². The Labute approximate surface area is 163 Å². The largest absolute Gasteiger partial charge is 0.443 e. The Kier molecular flexibility index (Phi) is 4.94. The Balaban J connectivity index is 1.51. The van der Waals surface area contributed by atoms with Crippen LogP contribution in [0.5, 0.6) is 0 Å². The maximum absolute atomic E-state index is 12.9. The minimum Gasteiger partial charge on any atom is -0.443 e. The third kappa shape index (κ3) is 3.88. The number of pyridine rings is 1. The summed E-state index contributed by atoms with van der Waals surface area (Å²) in [5.41, 5.74) is 2.40. The van der Waals surface area contributed by atoms with Crippen LogP contribution in [0.1, 0.15) is 52.3 Å². The van der Waals surface area contributed by atoms with E-state index in [9.17, 15) is 4.79 Å². The van der Waals surface area contributed by atoms with Crippen molar-refractivity contribution in [3.05, 3.63) is 82.3 Å². The van der Waals surface area contributed by atoms with Crippen LogP contribution in [0.4, 0.5) is 0 Å². The zero-order valence-electron chi connectivity index (χ0n) is 15.1. The summed E-state index contributed by atoms with van der Waals surface area (Å²) in [7, 11) is 0. The van der Waals surface area contributed by atoms with Crippen molar-refractivity contribution < 1.29 is 9.21 Å². The zero-order chi connectivity index (χ0) is 18.8. The molecule has 3 heterocycles. The van der Waals surface area contributed by atoms with Gasteiger partial charge in [-0.05, 0) is 49.6 Å². The molecule has 1 saturated heterocycles. The van der Waals surface area contributed by atoms with Gasteiger partial charge in [0.15, 0.2) is 0 Å². The van der Waals surface area contributed by atoms with E-state index in [1.807, 2.05) is 48.2 Å². The lowest BCUT2D eigenvalue weighted by molar-refractivity contribution is 0.0708. The van der Waals surface area contributed by atoms with Crippen LogP contribution in [0.2, 0.25) is 5.02 Å². The highest BCUT2D eigenvalue weighted by Crippen LogP contribution is 2.33. The molecule has 0 N–H and O–H groups in total. The van der Waals surface area contributed by atoms with E-state index in [0.29, 0.717) is 29.6 Å². The Morgan fingerprint density at radius 1 is 1.26 bits per heavy atom. The monoisotopic (exact) mass is 381 g/mol. The van der Waals surface area contributed by atoms with Crippen LogP contribution in [-0.2, 0) is 6.42 Å². The van der Waals surface area contributed by atoms with E-state index in [0.717, 1.165) is 29.9 Å². The number of aryl methyl sites for hydroxylation is 1. The molecule has 3 aromatic rings. The van der Waals surface area contributed by atoms with Crippen LogP contribution in [0.3, 0.4) is 0 Å². The third-order valence-electron chi connectivity index (χ3n) is 4.77. The molecule has 1 amide bonds. The highest BCUT2D eigenvalue weighted by Gasteiger charge is 2.34. The Morgan fingerprint density at radius 2 is 2.07 bits per heavy atom. The van der Waals surface area contributed by atoms with Gasteiger partial charge in [-0.3, -0.25) is 4.79 Å². The first-order valence-electron chi connectivity index (χ1n) is 9.04. The molecule has 1 aromatic carbocycles. The van der Waals surface area contributed by atoms with Gasteiger partial charge in [0.05, 0.1) is 6.20 Å². The summed E-state index contributed by atoms with van der Waals surface area (Å²) in [5.74, 6) is 1.30. The summed E-state index contributed by atoms with van der Waals surface area (Å²) in [6.45, 7) is 2.57. The van der Waals surface area contributed by atoms with Gasteiger partial charge in [0.2, 0.25) is 5.89 Å². The van der Waals surface area contributed by atoms with Crippen molar-refractivity contribution in [1.82, 2.24) is 14.9 Å². The average molecular weight is 382 g/mol. The first kappa shape index (κ1) is 17.7. The molecule has 27 heavy (non-hydrogen) atoms. The summed E-state index contributed by atoms with van der Waals surface area (Å²) < 4.78 is 5.98. The van der Waals surface area contributed by atoms with Gasteiger partial charge < -0.3 is 9.32 Å². The van der Waals surface area contributed by atoms with Crippen LogP contribution in [0.15, 0.2) is 53.1 Å². The molecule has 2 aromatic heterocycles. The lowest BCUT2D eigenvalue weighted by atomic mass is 10.1. The van der Waals surface area contributed by atoms with Gasteiger partial charge in [-0.15, -0.1) is 0 Å². The number of nitrogens with zero attached hydrogens (tertiary/aromatic N) is 3. The van der Waals surface area contributed by atoms with Gasteiger partial charge in [-0.1, -0.05) is 29.8 Å². The van der Waals surface area contributed by atoms with Gasteiger partial charge in [-0.2, -0.15) is 0 Å². The van der Waals surface area contributed by atoms with Crippen molar-refractivity contribution in [3.8, 4) is 0 Å². The first-order valence-corrected chi connectivity index (χ1v) is 9.41. The lowest BCUT2D eigenvalue weighted by Gasteiger charge is -2.22. The minimum absolute atomic E-state index is 0.0707. The number of aromatic nitrogens is 2. The summed E-state index contributed by atoms with van der Waals surface area (Å²) in [5, 5.41) is 0.710. The van der Waals surface area contributed by atoms with E-state index < -0.39 is 0 Å². The Hall–Kier alpha value is -2.66. The van der Waals surface area contributed by atoms with Crippen molar-refractivity contribution in [2.75, 3.05) is 6.54 Å². The third-order valence-corrected chi connectivity index (χ3v) is 5.02. The van der Waals surface area contributed by atoms with Gasteiger partial charge in [0.1, 0.15) is 17.5 Å². The number of likely N-dealkylation sites (tertiary alicyclic amines) is 1. The molecule has 0 aliphatic carbocycles. The minimum atomic E-state index is -0.140. The predicted molar refractivity (Wildman–Crippen MR) is 103 cm³/mol. The smallest absolute Gasteiger partial charge is 0.273 e. The summed E-state index contributed by atoms with van der Waals surface area (Å²) in [6, 6.07) is 13.0. The van der Waals surface area contributed by atoms with Gasteiger partial charge in [-0.25, -0.2) is 9.97 Å². The van der Waals surface area contributed by atoms with Gasteiger partial charge >= 0.3 is 0 Å². The molecule has 0 bridgehead atoms. The molecular formula is C21H20ClN3O2. The fourth-order valence-corrected chi connectivity index (χ4v) is 3.56. The quantitative estimate of drug-likeness (QED) is 0.662. The number of hydrogen-bond donors (Lipinski definition) is 0. The van der Waals surface area contributed by atoms with E-state index in [2.05, 4.69) is 9.97 Å². The number of benzene rings is 1. The molecule has 6 heteroatoms. The number of oxazole rings is 1. The number of hydrogen-bond acceptors (Lipinski definition) is 4. The summed E-state index contributed by atoms with van der Waals surface area (Å²) in [6.07, 6.45) is 4.16. The van der Waals surface area contributed by atoms with Crippen molar-refractivity contribution in [2.45, 2.75) is 32.2 Å². The van der Waals surface area contributed by atoms with Crippen LogP contribution < -0.4 is 0 Å². The van der Waals surface area contributed by atoms with Crippen LogP contribution in [-0.4, -0.2) is 27.3 Å². The SMILES string of the molecule is Cc1cccc(C(=O)N2CCCC2c2ncc(Cc3ccc(Cl)cc3)o2)n1. The fraction of sp³-hybridized carbons (Fsp3) is 0.286. The molecule has 0 spiro atoms. The average Bonchev–Trinajstić information content (AvgIpc) is 3.32. The zero-order valence-corrected chi connectivity index (χ0v) is 15.8. The maximum Gasteiger partial charge on any atom is 0.273 e. The first-order chi connectivity index (χ1) is 13.1. The fourth-order valence-electron chi connectivity index (χ4n) is 3.44. The van der Waals surface area contributed by atoms with Crippen LogP contribution in [0, 0.1) is 6.92 Å². The molecule has 138 valence electrons. The maximum atomic E-state index is 12.9.